The highest BCUT2D eigenvalue weighted by Crippen LogP contribution is 2.46. The zero-order chi connectivity index (χ0) is 13.9. The van der Waals surface area contributed by atoms with Crippen molar-refractivity contribution in [3.8, 4) is 0 Å². The van der Waals surface area contributed by atoms with Gasteiger partial charge in [0.2, 0.25) is 0 Å². The molecule has 1 spiro atoms. The van der Waals surface area contributed by atoms with E-state index in [9.17, 15) is 0 Å². The van der Waals surface area contributed by atoms with Crippen LogP contribution in [0.4, 0.5) is 0 Å². The molecule has 2 fully saturated rings. The van der Waals surface area contributed by atoms with Crippen LogP contribution in [-0.4, -0.2) is 37.0 Å². The molecular formula is C16H24N2O2. The molecule has 1 atom stereocenters. The average molecular weight is 276 g/mol. The Hall–Kier alpha value is -0.970. The lowest BCUT2D eigenvalue weighted by molar-refractivity contribution is -0.154. The molecule has 0 amide bonds. The highest BCUT2D eigenvalue weighted by atomic mass is 16.5. The SMILES string of the molecule is NCCC1(c2ccccn2)CCOC2(CCOCC2)C1. The summed E-state index contributed by atoms with van der Waals surface area (Å²) in [6.07, 6.45) is 6.90. The van der Waals surface area contributed by atoms with Crippen LogP contribution < -0.4 is 5.73 Å². The fourth-order valence-electron chi connectivity index (χ4n) is 3.80. The molecule has 4 nitrogen and oxygen atoms in total. The van der Waals surface area contributed by atoms with Gasteiger partial charge >= 0.3 is 0 Å². The van der Waals surface area contributed by atoms with Gasteiger partial charge in [-0.1, -0.05) is 6.07 Å². The van der Waals surface area contributed by atoms with Gasteiger partial charge in [0.1, 0.15) is 0 Å². The molecule has 4 heteroatoms. The zero-order valence-electron chi connectivity index (χ0n) is 12.0. The van der Waals surface area contributed by atoms with E-state index in [0.29, 0.717) is 6.54 Å². The van der Waals surface area contributed by atoms with E-state index in [1.54, 1.807) is 0 Å². The summed E-state index contributed by atoms with van der Waals surface area (Å²) >= 11 is 0. The third-order valence-corrected chi connectivity index (χ3v) is 4.88. The van der Waals surface area contributed by atoms with Gasteiger partial charge in [-0.15, -0.1) is 0 Å². The second kappa shape index (κ2) is 5.80. The highest BCUT2D eigenvalue weighted by molar-refractivity contribution is 5.20. The molecule has 1 unspecified atom stereocenters. The summed E-state index contributed by atoms with van der Waals surface area (Å²) in [5, 5.41) is 0. The van der Waals surface area contributed by atoms with Crippen molar-refractivity contribution >= 4 is 0 Å². The van der Waals surface area contributed by atoms with Crippen LogP contribution in [0, 0.1) is 0 Å². The molecule has 2 aliphatic rings. The molecule has 0 bridgehead atoms. The predicted octanol–water partition coefficient (Wildman–Crippen LogP) is 2.03. The fraction of sp³-hybridized carbons (Fsp3) is 0.688. The Labute approximate surface area is 120 Å². The molecule has 0 saturated carbocycles. The van der Waals surface area contributed by atoms with Gasteiger partial charge in [-0.25, -0.2) is 0 Å². The van der Waals surface area contributed by atoms with Gasteiger partial charge in [0.15, 0.2) is 0 Å². The monoisotopic (exact) mass is 276 g/mol. The summed E-state index contributed by atoms with van der Waals surface area (Å²) in [4.78, 5) is 4.63. The van der Waals surface area contributed by atoms with Crippen molar-refractivity contribution in [2.45, 2.75) is 43.1 Å². The largest absolute Gasteiger partial charge is 0.381 e. The number of aromatic nitrogens is 1. The molecule has 20 heavy (non-hydrogen) atoms. The number of nitrogens with zero attached hydrogens (tertiary/aromatic N) is 1. The molecule has 0 aliphatic carbocycles. The maximum absolute atomic E-state index is 6.18. The van der Waals surface area contributed by atoms with Gasteiger partial charge in [-0.2, -0.15) is 0 Å². The first kappa shape index (κ1) is 14.0. The molecule has 0 aromatic carbocycles. The average Bonchev–Trinajstić information content (AvgIpc) is 2.49. The summed E-state index contributed by atoms with van der Waals surface area (Å²) in [6, 6.07) is 6.20. The number of rotatable bonds is 3. The Balaban J connectivity index is 1.90. The molecule has 3 heterocycles. The predicted molar refractivity (Wildman–Crippen MR) is 77.6 cm³/mol. The normalized spacial score (nSPS) is 29.4. The first-order chi connectivity index (χ1) is 9.79. The van der Waals surface area contributed by atoms with Crippen LogP contribution in [0.15, 0.2) is 24.4 Å². The quantitative estimate of drug-likeness (QED) is 0.917. The van der Waals surface area contributed by atoms with Crippen LogP contribution in [0.1, 0.15) is 37.8 Å². The Morgan fingerprint density at radius 1 is 1.15 bits per heavy atom. The van der Waals surface area contributed by atoms with Crippen molar-refractivity contribution in [1.82, 2.24) is 4.98 Å². The summed E-state index contributed by atoms with van der Waals surface area (Å²) in [5.41, 5.74) is 7.14. The van der Waals surface area contributed by atoms with E-state index >= 15 is 0 Å². The maximum atomic E-state index is 6.18. The number of hydrogen-bond acceptors (Lipinski definition) is 4. The van der Waals surface area contributed by atoms with Crippen LogP contribution in [0.3, 0.4) is 0 Å². The van der Waals surface area contributed by atoms with Crippen molar-refractivity contribution < 1.29 is 9.47 Å². The van der Waals surface area contributed by atoms with Crippen LogP contribution in [0.2, 0.25) is 0 Å². The van der Waals surface area contributed by atoms with Crippen molar-refractivity contribution in [2.24, 2.45) is 5.73 Å². The van der Waals surface area contributed by atoms with E-state index in [1.807, 2.05) is 12.3 Å². The van der Waals surface area contributed by atoms with Gasteiger partial charge < -0.3 is 15.2 Å². The lowest BCUT2D eigenvalue weighted by Gasteiger charge is -2.49. The third-order valence-electron chi connectivity index (χ3n) is 4.88. The van der Waals surface area contributed by atoms with E-state index in [0.717, 1.165) is 51.9 Å². The van der Waals surface area contributed by atoms with Crippen molar-refractivity contribution in [1.29, 1.82) is 0 Å². The maximum Gasteiger partial charge on any atom is 0.0735 e. The van der Waals surface area contributed by atoms with E-state index in [4.69, 9.17) is 15.2 Å². The molecule has 1 aromatic heterocycles. The number of ether oxygens (including phenoxy) is 2. The molecule has 2 aliphatic heterocycles. The van der Waals surface area contributed by atoms with Crippen LogP contribution in [0.25, 0.3) is 0 Å². The Morgan fingerprint density at radius 3 is 2.70 bits per heavy atom. The molecule has 110 valence electrons. The lowest BCUT2D eigenvalue weighted by atomic mass is 9.66. The van der Waals surface area contributed by atoms with Crippen molar-refractivity contribution in [3.05, 3.63) is 30.1 Å². The van der Waals surface area contributed by atoms with Gasteiger partial charge in [-0.3, -0.25) is 4.98 Å². The van der Waals surface area contributed by atoms with E-state index in [2.05, 4.69) is 17.1 Å². The summed E-state index contributed by atoms with van der Waals surface area (Å²) in [6.45, 7) is 3.11. The molecular weight excluding hydrogens is 252 g/mol. The van der Waals surface area contributed by atoms with Gasteiger partial charge in [0.25, 0.3) is 0 Å². The molecule has 2 saturated heterocycles. The Kier molecular flexibility index (Phi) is 4.06. The Morgan fingerprint density at radius 2 is 2.00 bits per heavy atom. The van der Waals surface area contributed by atoms with Gasteiger partial charge in [0, 0.05) is 37.1 Å². The second-order valence-corrected chi connectivity index (χ2v) is 6.10. The van der Waals surface area contributed by atoms with Gasteiger partial charge in [0.05, 0.1) is 5.60 Å². The zero-order valence-corrected chi connectivity index (χ0v) is 12.0. The summed E-state index contributed by atoms with van der Waals surface area (Å²) in [5.74, 6) is 0. The molecule has 3 rings (SSSR count). The van der Waals surface area contributed by atoms with Gasteiger partial charge in [-0.05, 0) is 50.8 Å². The van der Waals surface area contributed by atoms with E-state index < -0.39 is 0 Å². The number of nitrogens with two attached hydrogens (primary N) is 1. The molecule has 2 N–H and O–H groups in total. The first-order valence-corrected chi connectivity index (χ1v) is 7.62. The summed E-state index contributed by atoms with van der Waals surface area (Å²) in [7, 11) is 0. The van der Waals surface area contributed by atoms with Crippen molar-refractivity contribution in [2.75, 3.05) is 26.4 Å². The van der Waals surface area contributed by atoms with E-state index in [-0.39, 0.29) is 11.0 Å². The smallest absolute Gasteiger partial charge is 0.0735 e. The number of pyridine rings is 1. The second-order valence-electron chi connectivity index (χ2n) is 6.10. The summed E-state index contributed by atoms with van der Waals surface area (Å²) < 4.78 is 11.7. The first-order valence-electron chi connectivity index (χ1n) is 7.62. The van der Waals surface area contributed by atoms with Crippen LogP contribution in [0.5, 0.6) is 0 Å². The van der Waals surface area contributed by atoms with Crippen LogP contribution in [-0.2, 0) is 14.9 Å². The number of hydrogen-bond donors (Lipinski definition) is 1. The van der Waals surface area contributed by atoms with Crippen molar-refractivity contribution in [3.63, 3.8) is 0 Å². The molecule has 1 aromatic rings. The standard InChI is InChI=1S/C16H24N2O2/c17-8-4-15(14-3-1-2-9-18-14)5-12-20-16(13-15)6-10-19-11-7-16/h1-3,9H,4-8,10-13,17H2. The minimum atomic E-state index is -0.0246. The minimum absolute atomic E-state index is 0.0246. The third kappa shape index (κ3) is 2.60. The minimum Gasteiger partial charge on any atom is -0.381 e. The Bertz CT molecular complexity index is 422. The topological polar surface area (TPSA) is 57.4 Å². The van der Waals surface area contributed by atoms with E-state index in [1.165, 1.54) is 5.69 Å². The fourth-order valence-corrected chi connectivity index (χ4v) is 3.80. The highest BCUT2D eigenvalue weighted by Gasteiger charge is 2.47. The van der Waals surface area contributed by atoms with Crippen LogP contribution >= 0.6 is 0 Å². The lowest BCUT2D eigenvalue weighted by Crippen LogP contribution is -2.51. The molecule has 0 radical (unpaired) electrons.